The van der Waals surface area contributed by atoms with Crippen molar-refractivity contribution < 1.29 is 18.9 Å². The molecule has 1 aliphatic rings. The van der Waals surface area contributed by atoms with Gasteiger partial charge in [-0.1, -0.05) is 6.07 Å². The number of furan rings is 1. The Balaban J connectivity index is 2.01. The summed E-state index contributed by atoms with van der Waals surface area (Å²) in [5, 5.41) is 11.0. The number of hydrogen-bond acceptors (Lipinski definition) is 6. The van der Waals surface area contributed by atoms with Gasteiger partial charge in [-0.15, -0.1) is 0 Å². The van der Waals surface area contributed by atoms with Crippen LogP contribution >= 0.6 is 31.9 Å². The summed E-state index contributed by atoms with van der Waals surface area (Å²) < 4.78 is 11.7. The molecule has 0 aliphatic carbocycles. The van der Waals surface area contributed by atoms with Crippen LogP contribution in [0.2, 0.25) is 0 Å². The number of cyclic esters (lactones) is 1. The molecule has 0 radical (unpaired) electrons. The third-order valence-electron chi connectivity index (χ3n) is 3.30. The van der Waals surface area contributed by atoms with Crippen molar-refractivity contribution in [1.29, 1.82) is 0 Å². The largest absolute Gasteiger partial charge is 0.449 e. The van der Waals surface area contributed by atoms with Gasteiger partial charge in [-0.3, -0.25) is 10.1 Å². The molecule has 2 aromatic rings. The number of ether oxygens (including phenoxy) is 1. The van der Waals surface area contributed by atoms with Gasteiger partial charge in [0.15, 0.2) is 10.4 Å². The highest BCUT2D eigenvalue weighted by atomic mass is 79.9. The molecule has 1 aromatic heterocycles. The number of aliphatic imine (C=N–C) groups is 1. The van der Waals surface area contributed by atoms with Crippen molar-refractivity contribution in [3.05, 3.63) is 66.1 Å². The predicted octanol–water partition coefficient (Wildman–Crippen LogP) is 4.37. The van der Waals surface area contributed by atoms with Crippen LogP contribution in [-0.2, 0) is 9.53 Å². The summed E-state index contributed by atoms with van der Waals surface area (Å²) in [7, 11) is 0. The fraction of sp³-hybridized carbons (Fsp3) is 0.0667. The van der Waals surface area contributed by atoms with Crippen LogP contribution in [-0.4, -0.2) is 16.8 Å². The Morgan fingerprint density at radius 2 is 2.08 bits per heavy atom. The molecular weight excluding hydrogens is 448 g/mol. The number of nitro groups is 1. The van der Waals surface area contributed by atoms with Crippen molar-refractivity contribution in [1.82, 2.24) is 0 Å². The number of benzene rings is 1. The summed E-state index contributed by atoms with van der Waals surface area (Å²) in [5.41, 5.74) is 0.744. The maximum Gasteiger partial charge on any atom is 0.363 e. The maximum absolute atomic E-state index is 12.0. The summed E-state index contributed by atoms with van der Waals surface area (Å²) in [4.78, 5) is 26.6. The summed E-state index contributed by atoms with van der Waals surface area (Å²) in [5.74, 6) is -0.224. The molecule has 0 amide bonds. The fourth-order valence-electron chi connectivity index (χ4n) is 2.15. The second-order valence-corrected chi connectivity index (χ2v) is 6.39. The van der Waals surface area contributed by atoms with E-state index >= 15 is 0 Å². The molecule has 0 bridgehead atoms. The number of nitro benzene ring substituents is 1. The highest BCUT2D eigenvalue weighted by molar-refractivity contribution is 9.13. The van der Waals surface area contributed by atoms with E-state index in [1.165, 1.54) is 18.2 Å². The van der Waals surface area contributed by atoms with Gasteiger partial charge in [0.1, 0.15) is 5.76 Å². The number of halogens is 2. The lowest BCUT2D eigenvalue weighted by molar-refractivity contribution is -0.385. The van der Waals surface area contributed by atoms with Crippen LogP contribution in [0.1, 0.15) is 16.9 Å². The maximum atomic E-state index is 12.0. The van der Waals surface area contributed by atoms with E-state index in [0.717, 1.165) is 0 Å². The number of carbonyl (C=O) groups excluding carboxylic acids is 1. The van der Waals surface area contributed by atoms with Crippen LogP contribution in [0, 0.1) is 17.0 Å². The number of nitrogens with zero attached hydrogens (tertiary/aromatic N) is 2. The molecule has 7 nitrogen and oxygen atoms in total. The van der Waals surface area contributed by atoms with Crippen molar-refractivity contribution in [2.24, 2.45) is 4.99 Å². The van der Waals surface area contributed by atoms with Crippen LogP contribution in [0.3, 0.4) is 0 Å². The second-order valence-electron chi connectivity index (χ2n) is 4.81. The molecule has 1 aliphatic heterocycles. The number of esters is 1. The zero-order chi connectivity index (χ0) is 17.4. The molecule has 0 atom stereocenters. The minimum absolute atomic E-state index is 0.0251. The lowest BCUT2D eigenvalue weighted by Crippen LogP contribution is -2.08. The topological polar surface area (TPSA) is 94.9 Å². The van der Waals surface area contributed by atoms with Gasteiger partial charge in [-0.25, -0.2) is 9.79 Å². The SMILES string of the molecule is Cc1c(C2=N/C(=C\c3cc(Br)c(Br)o3)C(=O)O2)cccc1[N+](=O)[O-]. The Morgan fingerprint density at radius 3 is 2.71 bits per heavy atom. The van der Waals surface area contributed by atoms with Gasteiger partial charge in [0.2, 0.25) is 5.90 Å². The van der Waals surface area contributed by atoms with Crippen molar-refractivity contribution >= 4 is 55.5 Å². The van der Waals surface area contributed by atoms with E-state index < -0.39 is 10.9 Å². The van der Waals surface area contributed by atoms with Gasteiger partial charge in [0.05, 0.1) is 9.40 Å². The first-order valence-electron chi connectivity index (χ1n) is 6.58. The number of carbonyl (C=O) groups is 1. The third kappa shape index (κ3) is 3.04. The predicted molar refractivity (Wildman–Crippen MR) is 92.5 cm³/mol. The Kier molecular flexibility index (Phi) is 4.37. The van der Waals surface area contributed by atoms with Crippen molar-refractivity contribution in [3.8, 4) is 0 Å². The standard InChI is InChI=1S/C15H8Br2N2O5/c1-7-9(3-2-4-12(7)19(21)22)14-18-11(15(20)24-14)6-8-5-10(16)13(17)23-8/h2-6H,1H3/b11-6-. The van der Waals surface area contributed by atoms with Crippen molar-refractivity contribution in [2.45, 2.75) is 6.92 Å². The Bertz CT molecular complexity index is 910. The lowest BCUT2D eigenvalue weighted by Gasteiger charge is -2.04. The highest BCUT2D eigenvalue weighted by Gasteiger charge is 2.27. The molecule has 122 valence electrons. The summed E-state index contributed by atoms with van der Waals surface area (Å²) in [6.07, 6.45) is 1.43. The van der Waals surface area contributed by atoms with Gasteiger partial charge >= 0.3 is 5.97 Å². The third-order valence-corrected chi connectivity index (χ3v) is 5.01. The van der Waals surface area contributed by atoms with E-state index in [1.54, 1.807) is 19.1 Å². The second kappa shape index (κ2) is 6.33. The minimum Gasteiger partial charge on any atom is -0.449 e. The van der Waals surface area contributed by atoms with Gasteiger partial charge in [-0.05, 0) is 50.9 Å². The van der Waals surface area contributed by atoms with E-state index in [9.17, 15) is 14.9 Å². The smallest absolute Gasteiger partial charge is 0.363 e. The molecule has 24 heavy (non-hydrogen) atoms. The zero-order valence-electron chi connectivity index (χ0n) is 12.1. The Labute approximate surface area is 152 Å². The van der Waals surface area contributed by atoms with Crippen LogP contribution in [0.5, 0.6) is 0 Å². The van der Waals surface area contributed by atoms with E-state index in [2.05, 4.69) is 36.9 Å². The zero-order valence-corrected chi connectivity index (χ0v) is 15.3. The van der Waals surface area contributed by atoms with Gasteiger partial charge in [0.25, 0.3) is 5.69 Å². The van der Waals surface area contributed by atoms with E-state index in [-0.39, 0.29) is 17.3 Å². The monoisotopic (exact) mass is 454 g/mol. The Morgan fingerprint density at radius 1 is 1.33 bits per heavy atom. The number of rotatable bonds is 3. The highest BCUT2D eigenvalue weighted by Crippen LogP contribution is 2.30. The Hall–Kier alpha value is -2.26. The molecular formula is C15H8Br2N2O5. The number of hydrogen-bond donors (Lipinski definition) is 0. The molecule has 3 rings (SSSR count). The van der Waals surface area contributed by atoms with E-state index in [1.807, 2.05) is 0 Å². The first kappa shape index (κ1) is 16.6. The average Bonchev–Trinajstić information content (AvgIpc) is 3.02. The van der Waals surface area contributed by atoms with Crippen LogP contribution in [0.4, 0.5) is 5.69 Å². The summed E-state index contributed by atoms with van der Waals surface area (Å²) in [6.45, 7) is 1.58. The van der Waals surface area contributed by atoms with Crippen LogP contribution in [0.25, 0.3) is 6.08 Å². The first-order chi connectivity index (χ1) is 11.4. The first-order valence-corrected chi connectivity index (χ1v) is 8.17. The van der Waals surface area contributed by atoms with Gasteiger partial charge in [0, 0.05) is 23.3 Å². The van der Waals surface area contributed by atoms with Gasteiger partial charge in [-0.2, -0.15) is 0 Å². The molecule has 0 saturated carbocycles. The molecule has 0 saturated heterocycles. The van der Waals surface area contributed by atoms with E-state index in [4.69, 9.17) is 9.15 Å². The van der Waals surface area contributed by atoms with E-state index in [0.29, 0.717) is 26.0 Å². The quantitative estimate of drug-likeness (QED) is 0.296. The molecule has 1 aromatic carbocycles. The molecule has 0 unspecified atom stereocenters. The summed E-state index contributed by atoms with van der Waals surface area (Å²) in [6, 6.07) is 6.16. The normalized spacial score (nSPS) is 15.5. The van der Waals surface area contributed by atoms with Crippen LogP contribution in [0.15, 0.2) is 48.5 Å². The van der Waals surface area contributed by atoms with Gasteiger partial charge < -0.3 is 9.15 Å². The lowest BCUT2D eigenvalue weighted by atomic mass is 10.1. The van der Waals surface area contributed by atoms with Crippen molar-refractivity contribution in [3.63, 3.8) is 0 Å². The average molecular weight is 456 g/mol. The fourth-order valence-corrected chi connectivity index (χ4v) is 2.75. The van der Waals surface area contributed by atoms with Crippen LogP contribution < -0.4 is 0 Å². The summed E-state index contributed by atoms with van der Waals surface area (Å²) >= 11 is 6.48. The molecule has 0 spiro atoms. The van der Waals surface area contributed by atoms with Crippen molar-refractivity contribution in [2.75, 3.05) is 0 Å². The molecule has 9 heteroatoms. The molecule has 2 heterocycles. The minimum atomic E-state index is -0.653. The molecule has 0 fully saturated rings. The molecule has 0 N–H and O–H groups in total.